The number of carbonyl (C=O) groups is 1. The molecule has 3 fully saturated rings. The zero-order valence-electron chi connectivity index (χ0n) is 12.0. The summed E-state index contributed by atoms with van der Waals surface area (Å²) < 4.78 is 5.31. The van der Waals surface area contributed by atoms with E-state index >= 15 is 0 Å². The van der Waals surface area contributed by atoms with Crippen molar-refractivity contribution in [2.24, 2.45) is 16.7 Å². The van der Waals surface area contributed by atoms with E-state index in [1.807, 2.05) is 0 Å². The van der Waals surface area contributed by atoms with Gasteiger partial charge in [-0.3, -0.25) is 4.79 Å². The molecule has 3 rings (SSSR count). The lowest BCUT2D eigenvalue weighted by Crippen LogP contribution is -2.46. The van der Waals surface area contributed by atoms with Gasteiger partial charge >= 0.3 is 0 Å². The molecule has 1 heterocycles. The lowest BCUT2D eigenvalue weighted by Gasteiger charge is -2.41. The van der Waals surface area contributed by atoms with Crippen LogP contribution in [-0.4, -0.2) is 39.3 Å². The van der Waals surface area contributed by atoms with E-state index in [1.54, 1.807) is 7.11 Å². The van der Waals surface area contributed by atoms with Crippen LogP contribution in [0, 0.1) is 16.7 Å². The molecule has 1 amide bonds. The van der Waals surface area contributed by atoms with Crippen LogP contribution in [0.4, 0.5) is 0 Å². The number of methoxy groups -OCH3 is 1. The van der Waals surface area contributed by atoms with Crippen molar-refractivity contribution in [2.45, 2.75) is 38.5 Å². The molecule has 19 heavy (non-hydrogen) atoms. The fourth-order valence-corrected chi connectivity index (χ4v) is 3.95. The largest absolute Gasteiger partial charge is 0.384 e. The second-order valence-corrected chi connectivity index (χ2v) is 6.87. The SMILES string of the molecule is COCC1(CNC(=O)C2CC23CCNCC3)CCC1. The Labute approximate surface area is 115 Å². The first-order valence-electron chi connectivity index (χ1n) is 7.67. The number of hydrogen-bond acceptors (Lipinski definition) is 3. The highest BCUT2D eigenvalue weighted by molar-refractivity contribution is 5.82. The Balaban J connectivity index is 1.47. The van der Waals surface area contributed by atoms with Crippen molar-refractivity contribution in [1.82, 2.24) is 10.6 Å². The Morgan fingerprint density at radius 2 is 2.05 bits per heavy atom. The van der Waals surface area contributed by atoms with Gasteiger partial charge in [-0.15, -0.1) is 0 Å². The van der Waals surface area contributed by atoms with Crippen LogP contribution in [0.15, 0.2) is 0 Å². The molecule has 0 aromatic carbocycles. The number of carbonyl (C=O) groups excluding carboxylic acids is 1. The van der Waals surface area contributed by atoms with Crippen molar-refractivity contribution in [3.05, 3.63) is 0 Å². The van der Waals surface area contributed by atoms with E-state index < -0.39 is 0 Å². The van der Waals surface area contributed by atoms with Gasteiger partial charge in [-0.1, -0.05) is 6.42 Å². The summed E-state index contributed by atoms with van der Waals surface area (Å²) in [6.45, 7) is 3.76. The topological polar surface area (TPSA) is 50.4 Å². The Hall–Kier alpha value is -0.610. The highest BCUT2D eigenvalue weighted by Gasteiger charge is 2.57. The number of hydrogen-bond donors (Lipinski definition) is 2. The second-order valence-electron chi connectivity index (χ2n) is 6.87. The number of amides is 1. The molecule has 0 aromatic heterocycles. The van der Waals surface area contributed by atoms with Crippen molar-refractivity contribution < 1.29 is 9.53 Å². The number of rotatable bonds is 5. The zero-order valence-corrected chi connectivity index (χ0v) is 12.0. The van der Waals surface area contributed by atoms with E-state index in [0.29, 0.717) is 11.3 Å². The normalized spacial score (nSPS) is 30.7. The lowest BCUT2D eigenvalue weighted by atomic mass is 9.69. The fourth-order valence-electron chi connectivity index (χ4n) is 3.95. The van der Waals surface area contributed by atoms with E-state index in [9.17, 15) is 4.79 Å². The first kappa shape index (κ1) is 13.4. The number of nitrogens with one attached hydrogen (secondary N) is 2. The van der Waals surface area contributed by atoms with Gasteiger partial charge < -0.3 is 15.4 Å². The molecular weight excluding hydrogens is 240 g/mol. The van der Waals surface area contributed by atoms with Crippen LogP contribution in [0.25, 0.3) is 0 Å². The molecule has 108 valence electrons. The fraction of sp³-hybridized carbons (Fsp3) is 0.933. The van der Waals surface area contributed by atoms with Gasteiger partial charge in [-0.05, 0) is 50.6 Å². The molecule has 3 aliphatic rings. The molecule has 1 atom stereocenters. The number of piperidine rings is 1. The smallest absolute Gasteiger partial charge is 0.223 e. The third-order valence-electron chi connectivity index (χ3n) is 5.61. The summed E-state index contributed by atoms with van der Waals surface area (Å²) in [7, 11) is 1.76. The molecule has 4 nitrogen and oxygen atoms in total. The predicted molar refractivity (Wildman–Crippen MR) is 73.8 cm³/mol. The van der Waals surface area contributed by atoms with Crippen LogP contribution >= 0.6 is 0 Å². The molecule has 4 heteroatoms. The molecule has 0 aromatic rings. The quantitative estimate of drug-likeness (QED) is 0.789. The van der Waals surface area contributed by atoms with Gasteiger partial charge in [0, 0.05) is 25.0 Å². The standard InChI is InChI=1S/C15H26N2O2/c1-19-11-14(3-2-4-14)10-17-13(18)12-9-15(12)5-7-16-8-6-15/h12,16H,2-11H2,1H3,(H,17,18). The summed E-state index contributed by atoms with van der Waals surface area (Å²) in [5.74, 6) is 0.582. The molecule has 2 aliphatic carbocycles. The molecule has 1 spiro atoms. The minimum atomic E-state index is 0.237. The highest BCUT2D eigenvalue weighted by Crippen LogP contribution is 2.58. The summed E-state index contributed by atoms with van der Waals surface area (Å²) in [5.41, 5.74) is 0.587. The molecule has 2 saturated carbocycles. The minimum absolute atomic E-state index is 0.237. The van der Waals surface area contributed by atoms with Crippen molar-refractivity contribution in [3.63, 3.8) is 0 Å². The maximum Gasteiger partial charge on any atom is 0.223 e. The minimum Gasteiger partial charge on any atom is -0.384 e. The van der Waals surface area contributed by atoms with Gasteiger partial charge in [0.25, 0.3) is 0 Å². The van der Waals surface area contributed by atoms with Crippen molar-refractivity contribution in [2.75, 3.05) is 33.4 Å². The summed E-state index contributed by atoms with van der Waals surface area (Å²) in [6.07, 6.45) is 7.13. The second kappa shape index (κ2) is 5.06. The first-order valence-corrected chi connectivity index (χ1v) is 7.67. The summed E-state index contributed by atoms with van der Waals surface area (Å²) >= 11 is 0. The Morgan fingerprint density at radius 1 is 1.32 bits per heavy atom. The number of ether oxygens (including phenoxy) is 1. The molecular formula is C15H26N2O2. The van der Waals surface area contributed by atoms with Gasteiger partial charge in [0.1, 0.15) is 0 Å². The van der Waals surface area contributed by atoms with Crippen molar-refractivity contribution >= 4 is 5.91 Å². The van der Waals surface area contributed by atoms with E-state index in [1.165, 1.54) is 32.1 Å². The Bertz CT molecular complexity index is 346. The van der Waals surface area contributed by atoms with E-state index in [-0.39, 0.29) is 11.3 Å². The van der Waals surface area contributed by atoms with E-state index in [2.05, 4.69) is 10.6 Å². The molecule has 1 unspecified atom stereocenters. The molecule has 1 saturated heterocycles. The lowest BCUT2D eigenvalue weighted by molar-refractivity contribution is -0.124. The maximum absolute atomic E-state index is 12.3. The van der Waals surface area contributed by atoms with Gasteiger partial charge in [-0.2, -0.15) is 0 Å². The summed E-state index contributed by atoms with van der Waals surface area (Å²) in [6, 6.07) is 0. The van der Waals surface area contributed by atoms with Crippen LogP contribution < -0.4 is 10.6 Å². The Kier molecular flexibility index (Phi) is 3.56. The first-order chi connectivity index (χ1) is 9.20. The van der Waals surface area contributed by atoms with E-state index in [0.717, 1.165) is 32.7 Å². The van der Waals surface area contributed by atoms with Crippen molar-refractivity contribution in [3.8, 4) is 0 Å². The van der Waals surface area contributed by atoms with Gasteiger partial charge in [0.15, 0.2) is 0 Å². The average molecular weight is 266 g/mol. The molecule has 1 aliphatic heterocycles. The average Bonchev–Trinajstić information content (AvgIpc) is 3.07. The van der Waals surface area contributed by atoms with Crippen LogP contribution in [-0.2, 0) is 9.53 Å². The van der Waals surface area contributed by atoms with Crippen LogP contribution in [0.3, 0.4) is 0 Å². The maximum atomic E-state index is 12.3. The summed E-state index contributed by atoms with van der Waals surface area (Å²) in [4.78, 5) is 12.3. The molecule has 0 radical (unpaired) electrons. The van der Waals surface area contributed by atoms with E-state index in [4.69, 9.17) is 4.74 Å². The third kappa shape index (κ3) is 2.52. The predicted octanol–water partition coefficient (Wildman–Crippen LogP) is 1.31. The third-order valence-corrected chi connectivity index (χ3v) is 5.61. The van der Waals surface area contributed by atoms with Crippen LogP contribution in [0.2, 0.25) is 0 Å². The van der Waals surface area contributed by atoms with Gasteiger partial charge in [0.05, 0.1) is 6.61 Å². The van der Waals surface area contributed by atoms with Crippen LogP contribution in [0.5, 0.6) is 0 Å². The molecule has 2 N–H and O–H groups in total. The summed E-state index contributed by atoms with van der Waals surface area (Å²) in [5, 5.41) is 6.59. The highest BCUT2D eigenvalue weighted by atomic mass is 16.5. The van der Waals surface area contributed by atoms with Gasteiger partial charge in [-0.25, -0.2) is 0 Å². The van der Waals surface area contributed by atoms with Crippen LogP contribution in [0.1, 0.15) is 38.5 Å². The van der Waals surface area contributed by atoms with Crippen molar-refractivity contribution in [1.29, 1.82) is 0 Å². The monoisotopic (exact) mass is 266 g/mol. The Morgan fingerprint density at radius 3 is 2.63 bits per heavy atom. The van der Waals surface area contributed by atoms with Gasteiger partial charge in [0.2, 0.25) is 5.91 Å². The zero-order chi connectivity index (χ0) is 13.3. The molecule has 0 bridgehead atoms.